The van der Waals surface area contributed by atoms with Gasteiger partial charge in [0.25, 0.3) is 0 Å². The molecule has 0 saturated carbocycles. The summed E-state index contributed by atoms with van der Waals surface area (Å²) in [5, 5.41) is 11.6. The summed E-state index contributed by atoms with van der Waals surface area (Å²) in [6.45, 7) is 3.99. The number of nitrogens with two attached hydrogens (primary N) is 1. The van der Waals surface area contributed by atoms with Crippen LogP contribution in [0.3, 0.4) is 0 Å². The van der Waals surface area contributed by atoms with Crippen molar-refractivity contribution in [1.82, 2.24) is 5.32 Å². The quantitative estimate of drug-likeness (QED) is 0.493. The number of amides is 1. The van der Waals surface area contributed by atoms with Crippen LogP contribution < -0.4 is 11.1 Å². The molecule has 0 aliphatic carbocycles. The van der Waals surface area contributed by atoms with Gasteiger partial charge >= 0.3 is 5.97 Å². The lowest BCUT2D eigenvalue weighted by molar-refractivity contribution is -0.146. The first-order valence-corrected chi connectivity index (χ1v) is 4.08. The molecule has 0 aromatic rings. The summed E-state index contributed by atoms with van der Waals surface area (Å²) in [4.78, 5) is 20.9. The van der Waals surface area contributed by atoms with E-state index in [4.69, 9.17) is 10.8 Å². The van der Waals surface area contributed by atoms with Gasteiger partial charge in [-0.1, -0.05) is 0 Å². The van der Waals surface area contributed by atoms with E-state index in [-0.39, 0.29) is 12.3 Å². The first-order chi connectivity index (χ1) is 5.86. The standard InChI is InChI=1S/C8H16N2O3/c1-8(2,7(12)13)5-10-4-3-6(9)11/h10H,3-5H2,1-2H3,(H2,9,11)(H,12,13). The number of carbonyl (C=O) groups is 2. The van der Waals surface area contributed by atoms with E-state index in [0.717, 1.165) is 0 Å². The van der Waals surface area contributed by atoms with Crippen LogP contribution in [0.25, 0.3) is 0 Å². The number of rotatable bonds is 6. The number of hydrogen-bond donors (Lipinski definition) is 3. The fourth-order valence-electron chi connectivity index (χ4n) is 0.688. The summed E-state index contributed by atoms with van der Waals surface area (Å²) in [6.07, 6.45) is 0.232. The van der Waals surface area contributed by atoms with Crippen LogP contribution in [0, 0.1) is 5.41 Å². The van der Waals surface area contributed by atoms with Crippen LogP contribution in [-0.2, 0) is 9.59 Å². The van der Waals surface area contributed by atoms with Crippen molar-refractivity contribution in [3.05, 3.63) is 0 Å². The predicted octanol–water partition coefficient (Wildman–Crippen LogP) is -0.438. The number of hydrogen-bond acceptors (Lipinski definition) is 3. The molecule has 76 valence electrons. The summed E-state index contributed by atoms with van der Waals surface area (Å²) >= 11 is 0. The minimum absolute atomic E-state index is 0.232. The van der Waals surface area contributed by atoms with Gasteiger partial charge in [0, 0.05) is 19.5 Å². The number of primary amides is 1. The molecule has 0 aliphatic rings. The van der Waals surface area contributed by atoms with Crippen LogP contribution in [-0.4, -0.2) is 30.1 Å². The molecule has 5 heteroatoms. The largest absolute Gasteiger partial charge is 0.481 e. The summed E-state index contributed by atoms with van der Waals surface area (Å²) in [6, 6.07) is 0. The van der Waals surface area contributed by atoms with E-state index in [2.05, 4.69) is 5.32 Å². The lowest BCUT2D eigenvalue weighted by Gasteiger charge is -2.19. The van der Waals surface area contributed by atoms with Gasteiger partial charge in [-0.05, 0) is 13.8 Å². The SMILES string of the molecule is CC(C)(CNCCC(N)=O)C(=O)O. The first-order valence-electron chi connectivity index (χ1n) is 4.08. The lowest BCUT2D eigenvalue weighted by atomic mass is 9.94. The number of aliphatic carboxylic acids is 1. The molecule has 0 aliphatic heterocycles. The Labute approximate surface area is 77.3 Å². The maximum atomic E-state index is 10.6. The van der Waals surface area contributed by atoms with Crippen molar-refractivity contribution in [3.63, 3.8) is 0 Å². The Hall–Kier alpha value is -1.10. The molecule has 5 nitrogen and oxygen atoms in total. The maximum Gasteiger partial charge on any atom is 0.310 e. The second-order valence-corrected chi connectivity index (χ2v) is 3.58. The Morgan fingerprint density at radius 2 is 2.00 bits per heavy atom. The molecule has 1 amide bonds. The lowest BCUT2D eigenvalue weighted by Crippen LogP contribution is -2.37. The van der Waals surface area contributed by atoms with E-state index in [1.165, 1.54) is 0 Å². The van der Waals surface area contributed by atoms with Gasteiger partial charge in [0.15, 0.2) is 0 Å². The van der Waals surface area contributed by atoms with Gasteiger partial charge < -0.3 is 16.2 Å². The Kier molecular flexibility index (Phi) is 4.40. The molecule has 0 unspecified atom stereocenters. The third-order valence-electron chi connectivity index (χ3n) is 1.69. The molecule has 0 heterocycles. The minimum atomic E-state index is -0.862. The minimum Gasteiger partial charge on any atom is -0.481 e. The summed E-state index contributed by atoms with van der Waals surface area (Å²) in [5.41, 5.74) is 4.10. The van der Waals surface area contributed by atoms with Gasteiger partial charge in [-0.25, -0.2) is 0 Å². The van der Waals surface area contributed by atoms with Crippen LogP contribution in [0.4, 0.5) is 0 Å². The molecule has 0 atom stereocenters. The third-order valence-corrected chi connectivity index (χ3v) is 1.69. The van der Waals surface area contributed by atoms with E-state index in [9.17, 15) is 9.59 Å². The zero-order chi connectivity index (χ0) is 10.5. The van der Waals surface area contributed by atoms with Crippen LogP contribution in [0.2, 0.25) is 0 Å². The predicted molar refractivity (Wildman–Crippen MR) is 48.1 cm³/mol. The average molecular weight is 188 g/mol. The summed E-state index contributed by atoms with van der Waals surface area (Å²) < 4.78 is 0. The van der Waals surface area contributed by atoms with E-state index < -0.39 is 11.4 Å². The van der Waals surface area contributed by atoms with E-state index >= 15 is 0 Å². The fourth-order valence-corrected chi connectivity index (χ4v) is 0.688. The van der Waals surface area contributed by atoms with Crippen molar-refractivity contribution in [2.45, 2.75) is 20.3 Å². The Morgan fingerprint density at radius 1 is 1.46 bits per heavy atom. The molecule has 0 rings (SSSR count). The molecular formula is C8H16N2O3. The van der Waals surface area contributed by atoms with Gasteiger partial charge in [-0.3, -0.25) is 9.59 Å². The monoisotopic (exact) mass is 188 g/mol. The Morgan fingerprint density at radius 3 is 2.38 bits per heavy atom. The molecule has 0 saturated heterocycles. The van der Waals surface area contributed by atoms with Gasteiger partial charge in [0.1, 0.15) is 0 Å². The summed E-state index contributed by atoms with van der Waals surface area (Å²) in [5.74, 6) is -1.25. The summed E-state index contributed by atoms with van der Waals surface area (Å²) in [7, 11) is 0. The zero-order valence-electron chi connectivity index (χ0n) is 7.96. The number of carboxylic acids is 1. The maximum absolute atomic E-state index is 10.6. The topological polar surface area (TPSA) is 92.4 Å². The molecule has 13 heavy (non-hydrogen) atoms. The number of carbonyl (C=O) groups excluding carboxylic acids is 1. The van der Waals surface area contributed by atoms with Crippen molar-refractivity contribution in [2.75, 3.05) is 13.1 Å². The van der Waals surface area contributed by atoms with E-state index in [1.807, 2.05) is 0 Å². The molecule has 0 radical (unpaired) electrons. The van der Waals surface area contributed by atoms with E-state index in [0.29, 0.717) is 13.1 Å². The first kappa shape index (κ1) is 11.9. The molecule has 0 aromatic carbocycles. The highest BCUT2D eigenvalue weighted by Gasteiger charge is 2.26. The molecule has 0 bridgehead atoms. The highest BCUT2D eigenvalue weighted by atomic mass is 16.4. The third kappa shape index (κ3) is 5.19. The Bertz CT molecular complexity index is 202. The highest BCUT2D eigenvalue weighted by molar-refractivity contribution is 5.74. The molecule has 0 aromatic heterocycles. The van der Waals surface area contributed by atoms with Crippen LogP contribution in [0.1, 0.15) is 20.3 Å². The van der Waals surface area contributed by atoms with Crippen molar-refractivity contribution in [3.8, 4) is 0 Å². The van der Waals surface area contributed by atoms with Crippen molar-refractivity contribution in [2.24, 2.45) is 11.1 Å². The van der Waals surface area contributed by atoms with Crippen molar-refractivity contribution >= 4 is 11.9 Å². The van der Waals surface area contributed by atoms with Crippen molar-refractivity contribution in [1.29, 1.82) is 0 Å². The second-order valence-electron chi connectivity index (χ2n) is 3.58. The zero-order valence-corrected chi connectivity index (χ0v) is 7.96. The average Bonchev–Trinajstić information content (AvgIpc) is 1.97. The number of nitrogens with one attached hydrogen (secondary N) is 1. The van der Waals surface area contributed by atoms with Gasteiger partial charge in [0.2, 0.25) is 5.91 Å². The molecule has 0 spiro atoms. The van der Waals surface area contributed by atoms with Crippen molar-refractivity contribution < 1.29 is 14.7 Å². The normalized spacial score (nSPS) is 11.2. The van der Waals surface area contributed by atoms with Crippen LogP contribution >= 0.6 is 0 Å². The van der Waals surface area contributed by atoms with Crippen LogP contribution in [0.15, 0.2) is 0 Å². The van der Waals surface area contributed by atoms with Gasteiger partial charge in [-0.15, -0.1) is 0 Å². The second kappa shape index (κ2) is 4.81. The number of carboxylic acid groups (broad SMARTS) is 1. The highest BCUT2D eigenvalue weighted by Crippen LogP contribution is 2.12. The fraction of sp³-hybridized carbons (Fsp3) is 0.750. The smallest absolute Gasteiger partial charge is 0.310 e. The van der Waals surface area contributed by atoms with Gasteiger partial charge in [-0.2, -0.15) is 0 Å². The molecule has 4 N–H and O–H groups in total. The Balaban J connectivity index is 3.64. The van der Waals surface area contributed by atoms with Crippen LogP contribution in [0.5, 0.6) is 0 Å². The molecule has 0 fully saturated rings. The molecular weight excluding hydrogens is 172 g/mol. The van der Waals surface area contributed by atoms with Gasteiger partial charge in [0.05, 0.1) is 5.41 Å². The van der Waals surface area contributed by atoms with E-state index in [1.54, 1.807) is 13.8 Å².